The Morgan fingerprint density at radius 3 is 2.50 bits per heavy atom. The standard InChI is InChI=1S/C23H29N3/c24-19-15-26(16-19)20-9-7-18-8-10-23(25-11-4-12-25)22(21(18)14-20)13-17-5-2-1-3-6-17/h1-3,5-7,9,14,19,22-23H,4,8,10-13,15-16,24H2/t22-,23?/m1/s1. The molecule has 136 valence electrons. The lowest BCUT2D eigenvalue weighted by Gasteiger charge is -2.46. The summed E-state index contributed by atoms with van der Waals surface area (Å²) >= 11 is 0. The maximum Gasteiger partial charge on any atom is 0.0395 e. The fourth-order valence-corrected chi connectivity index (χ4v) is 5.01. The van der Waals surface area contributed by atoms with Crippen molar-refractivity contribution in [3.05, 3.63) is 65.2 Å². The summed E-state index contributed by atoms with van der Waals surface area (Å²) in [5.74, 6) is 0.608. The predicted molar refractivity (Wildman–Crippen MR) is 108 cm³/mol. The molecule has 0 saturated carbocycles. The highest BCUT2D eigenvalue weighted by atomic mass is 15.2. The first-order valence-corrected chi connectivity index (χ1v) is 10.2. The zero-order valence-electron chi connectivity index (χ0n) is 15.5. The van der Waals surface area contributed by atoms with Gasteiger partial charge in [-0.15, -0.1) is 0 Å². The van der Waals surface area contributed by atoms with Gasteiger partial charge in [0.25, 0.3) is 0 Å². The van der Waals surface area contributed by atoms with Crippen LogP contribution in [-0.4, -0.2) is 43.2 Å². The monoisotopic (exact) mass is 347 g/mol. The van der Waals surface area contributed by atoms with Crippen molar-refractivity contribution in [2.75, 3.05) is 31.1 Å². The number of hydrogen-bond donors (Lipinski definition) is 1. The van der Waals surface area contributed by atoms with Crippen LogP contribution in [0.3, 0.4) is 0 Å². The molecule has 2 aromatic carbocycles. The number of nitrogens with zero attached hydrogens (tertiary/aromatic N) is 2. The Kier molecular flexibility index (Phi) is 4.22. The molecule has 3 nitrogen and oxygen atoms in total. The molecule has 0 bridgehead atoms. The first-order valence-electron chi connectivity index (χ1n) is 10.2. The Balaban J connectivity index is 1.48. The molecule has 2 N–H and O–H groups in total. The largest absolute Gasteiger partial charge is 0.368 e. The van der Waals surface area contributed by atoms with Crippen LogP contribution >= 0.6 is 0 Å². The van der Waals surface area contributed by atoms with Crippen LogP contribution in [0.15, 0.2) is 48.5 Å². The third kappa shape index (κ3) is 2.93. The van der Waals surface area contributed by atoms with Crippen molar-refractivity contribution in [3.8, 4) is 0 Å². The lowest BCUT2D eigenvalue weighted by Crippen LogP contribution is -2.56. The molecular weight excluding hydrogens is 318 g/mol. The number of anilines is 1. The van der Waals surface area contributed by atoms with Gasteiger partial charge < -0.3 is 10.6 Å². The van der Waals surface area contributed by atoms with Crippen LogP contribution in [0, 0.1) is 0 Å². The van der Waals surface area contributed by atoms with Gasteiger partial charge in [-0.1, -0.05) is 36.4 Å². The van der Waals surface area contributed by atoms with Gasteiger partial charge in [-0.05, 0) is 67.6 Å². The minimum absolute atomic E-state index is 0.347. The summed E-state index contributed by atoms with van der Waals surface area (Å²) < 4.78 is 0. The van der Waals surface area contributed by atoms with E-state index in [0.29, 0.717) is 18.0 Å². The van der Waals surface area contributed by atoms with Gasteiger partial charge in [-0.3, -0.25) is 4.90 Å². The molecule has 2 aliphatic heterocycles. The minimum atomic E-state index is 0.347. The normalized spacial score (nSPS) is 26.1. The smallest absolute Gasteiger partial charge is 0.0395 e. The molecule has 2 atom stereocenters. The van der Waals surface area contributed by atoms with Crippen LogP contribution in [0.25, 0.3) is 0 Å². The number of rotatable bonds is 4. The number of fused-ring (bicyclic) bond motifs is 1. The summed E-state index contributed by atoms with van der Waals surface area (Å²) in [7, 11) is 0. The maximum atomic E-state index is 6.01. The van der Waals surface area contributed by atoms with Crippen molar-refractivity contribution in [1.29, 1.82) is 0 Å². The molecule has 0 radical (unpaired) electrons. The Bertz CT molecular complexity index is 762. The molecule has 26 heavy (non-hydrogen) atoms. The molecule has 1 unspecified atom stereocenters. The third-order valence-electron chi connectivity index (χ3n) is 6.64. The summed E-state index contributed by atoms with van der Waals surface area (Å²) in [6.45, 7) is 4.56. The number of likely N-dealkylation sites (tertiary alicyclic amines) is 1. The Hall–Kier alpha value is -1.84. The first kappa shape index (κ1) is 16.3. The summed E-state index contributed by atoms with van der Waals surface area (Å²) in [6, 6.07) is 19.3. The highest BCUT2D eigenvalue weighted by molar-refractivity contribution is 5.55. The Morgan fingerprint density at radius 1 is 1.00 bits per heavy atom. The summed E-state index contributed by atoms with van der Waals surface area (Å²) in [5.41, 5.74) is 12.0. The summed E-state index contributed by atoms with van der Waals surface area (Å²) in [5, 5.41) is 0. The van der Waals surface area contributed by atoms with E-state index in [1.165, 1.54) is 43.6 Å². The van der Waals surface area contributed by atoms with E-state index >= 15 is 0 Å². The molecule has 0 spiro atoms. The van der Waals surface area contributed by atoms with E-state index in [1.54, 1.807) is 11.1 Å². The second kappa shape index (κ2) is 6.71. The molecule has 2 saturated heterocycles. The van der Waals surface area contributed by atoms with E-state index in [1.807, 2.05) is 0 Å². The zero-order chi connectivity index (χ0) is 17.5. The van der Waals surface area contributed by atoms with E-state index in [9.17, 15) is 0 Å². The molecule has 0 aromatic heterocycles. The molecule has 2 aromatic rings. The van der Waals surface area contributed by atoms with Gasteiger partial charge in [0.05, 0.1) is 0 Å². The number of hydrogen-bond acceptors (Lipinski definition) is 3. The summed E-state index contributed by atoms with van der Waals surface area (Å²) in [4.78, 5) is 5.15. The Morgan fingerprint density at radius 2 is 1.81 bits per heavy atom. The fourth-order valence-electron chi connectivity index (χ4n) is 5.01. The van der Waals surface area contributed by atoms with Gasteiger partial charge in [0.1, 0.15) is 0 Å². The van der Waals surface area contributed by atoms with Crippen LogP contribution in [0.5, 0.6) is 0 Å². The van der Waals surface area contributed by atoms with E-state index < -0.39 is 0 Å². The second-order valence-electron chi connectivity index (χ2n) is 8.34. The fraction of sp³-hybridized carbons (Fsp3) is 0.478. The summed E-state index contributed by atoms with van der Waals surface area (Å²) in [6.07, 6.45) is 5.05. The van der Waals surface area contributed by atoms with Crippen LogP contribution in [-0.2, 0) is 12.8 Å². The van der Waals surface area contributed by atoms with Crippen molar-refractivity contribution < 1.29 is 0 Å². The van der Waals surface area contributed by atoms with Crippen LogP contribution in [0.1, 0.15) is 35.4 Å². The molecule has 3 heteroatoms. The minimum Gasteiger partial charge on any atom is -0.368 e. The highest BCUT2D eigenvalue weighted by Gasteiger charge is 2.36. The first-order chi connectivity index (χ1) is 12.8. The van der Waals surface area contributed by atoms with Gasteiger partial charge in [0, 0.05) is 36.8 Å². The van der Waals surface area contributed by atoms with Crippen LogP contribution in [0.4, 0.5) is 5.69 Å². The van der Waals surface area contributed by atoms with Crippen LogP contribution in [0.2, 0.25) is 0 Å². The topological polar surface area (TPSA) is 32.5 Å². The van der Waals surface area contributed by atoms with Crippen molar-refractivity contribution in [2.45, 2.75) is 43.7 Å². The second-order valence-corrected chi connectivity index (χ2v) is 8.34. The van der Waals surface area contributed by atoms with Crippen molar-refractivity contribution in [2.24, 2.45) is 5.73 Å². The third-order valence-corrected chi connectivity index (χ3v) is 6.64. The lowest BCUT2D eigenvalue weighted by atomic mass is 9.74. The van der Waals surface area contributed by atoms with Gasteiger partial charge >= 0.3 is 0 Å². The molecular formula is C23H29N3. The SMILES string of the molecule is NC1CN(c2ccc3c(c2)[C@@H](Cc2ccccc2)C(N2CCC2)CC3)C1. The average Bonchev–Trinajstić information content (AvgIpc) is 2.60. The van der Waals surface area contributed by atoms with E-state index in [0.717, 1.165) is 19.5 Å². The van der Waals surface area contributed by atoms with Gasteiger partial charge in [0.15, 0.2) is 0 Å². The van der Waals surface area contributed by atoms with Gasteiger partial charge in [0.2, 0.25) is 0 Å². The Labute approximate surface area is 156 Å². The molecule has 2 heterocycles. The molecule has 0 amide bonds. The van der Waals surface area contributed by atoms with Crippen molar-refractivity contribution >= 4 is 5.69 Å². The predicted octanol–water partition coefficient (Wildman–Crippen LogP) is 3.18. The van der Waals surface area contributed by atoms with E-state index in [2.05, 4.69) is 58.3 Å². The van der Waals surface area contributed by atoms with E-state index in [4.69, 9.17) is 5.73 Å². The highest BCUT2D eigenvalue weighted by Crippen LogP contribution is 2.40. The number of aryl methyl sites for hydroxylation is 1. The zero-order valence-corrected chi connectivity index (χ0v) is 15.5. The molecule has 5 rings (SSSR count). The van der Waals surface area contributed by atoms with Crippen LogP contribution < -0.4 is 10.6 Å². The quantitative estimate of drug-likeness (QED) is 0.922. The van der Waals surface area contributed by atoms with Crippen molar-refractivity contribution in [1.82, 2.24) is 4.90 Å². The number of benzene rings is 2. The van der Waals surface area contributed by atoms with E-state index in [-0.39, 0.29) is 0 Å². The lowest BCUT2D eigenvalue weighted by molar-refractivity contribution is 0.0877. The molecule has 2 fully saturated rings. The average molecular weight is 348 g/mol. The molecule has 1 aliphatic carbocycles. The van der Waals surface area contributed by atoms with Crippen molar-refractivity contribution in [3.63, 3.8) is 0 Å². The molecule has 3 aliphatic rings. The maximum absolute atomic E-state index is 6.01. The van der Waals surface area contributed by atoms with Gasteiger partial charge in [-0.25, -0.2) is 0 Å². The van der Waals surface area contributed by atoms with Gasteiger partial charge in [-0.2, -0.15) is 0 Å². The number of nitrogens with two attached hydrogens (primary N) is 1.